The molecule has 0 unspecified atom stereocenters. The van der Waals surface area contributed by atoms with Gasteiger partial charge < -0.3 is 4.90 Å². The van der Waals surface area contributed by atoms with Crippen LogP contribution in [0.4, 0.5) is 5.69 Å². The Labute approximate surface area is 168 Å². The molecular formula is C22H23N3O2S. The molecule has 0 fully saturated rings. The topological polar surface area (TPSA) is 55.2 Å². The van der Waals surface area contributed by atoms with Gasteiger partial charge in [-0.05, 0) is 43.5 Å². The van der Waals surface area contributed by atoms with E-state index in [9.17, 15) is 9.59 Å². The van der Waals surface area contributed by atoms with Crippen molar-refractivity contribution in [1.29, 1.82) is 0 Å². The summed E-state index contributed by atoms with van der Waals surface area (Å²) in [6, 6.07) is 15.4. The normalized spacial score (nSPS) is 14.3. The van der Waals surface area contributed by atoms with E-state index in [2.05, 4.69) is 6.07 Å². The standard InChI is InChI=1S/C22H23N3O2S/c1-3-13-25-21(27)17-9-5-6-10-18(17)23-22(25)28-15(2)20(26)24-14-12-16-8-4-7-11-19(16)24/h4-11,15H,3,12-14H2,1-2H3/t15-/m1/s1. The molecule has 0 saturated heterocycles. The molecule has 1 aliphatic heterocycles. The second kappa shape index (κ2) is 7.80. The number of hydrogen-bond donors (Lipinski definition) is 0. The molecular weight excluding hydrogens is 370 g/mol. The molecule has 2 heterocycles. The number of rotatable bonds is 5. The SMILES string of the molecule is CCCn1c(S[C@H](C)C(=O)N2CCc3ccccc32)nc2ccccc2c1=O. The maximum atomic E-state index is 13.1. The Morgan fingerprint density at radius 2 is 1.93 bits per heavy atom. The van der Waals surface area contributed by atoms with E-state index in [-0.39, 0.29) is 16.7 Å². The zero-order valence-corrected chi connectivity index (χ0v) is 16.9. The number of carbonyl (C=O) groups excluding carboxylic acids is 1. The predicted molar refractivity (Wildman–Crippen MR) is 114 cm³/mol. The Bertz CT molecular complexity index is 1090. The van der Waals surface area contributed by atoms with E-state index in [1.807, 2.05) is 55.1 Å². The molecule has 0 aliphatic carbocycles. The third-order valence-electron chi connectivity index (χ3n) is 5.06. The van der Waals surface area contributed by atoms with Gasteiger partial charge >= 0.3 is 0 Å². The van der Waals surface area contributed by atoms with Crippen LogP contribution in [0.5, 0.6) is 0 Å². The number of nitrogens with zero attached hydrogens (tertiary/aromatic N) is 3. The van der Waals surface area contributed by atoms with Gasteiger partial charge in [0.2, 0.25) is 5.91 Å². The van der Waals surface area contributed by atoms with Crippen molar-refractivity contribution in [2.75, 3.05) is 11.4 Å². The third-order valence-corrected chi connectivity index (χ3v) is 6.13. The molecule has 6 heteroatoms. The summed E-state index contributed by atoms with van der Waals surface area (Å²) in [5, 5.41) is 0.897. The average molecular weight is 394 g/mol. The van der Waals surface area contributed by atoms with E-state index in [1.165, 1.54) is 17.3 Å². The first-order valence-electron chi connectivity index (χ1n) is 9.65. The van der Waals surface area contributed by atoms with Gasteiger partial charge in [0.15, 0.2) is 5.16 Å². The van der Waals surface area contributed by atoms with E-state index < -0.39 is 0 Å². The molecule has 5 nitrogen and oxygen atoms in total. The molecule has 4 rings (SSSR count). The highest BCUT2D eigenvalue weighted by atomic mass is 32.2. The highest BCUT2D eigenvalue weighted by Crippen LogP contribution is 2.31. The van der Waals surface area contributed by atoms with Crippen molar-refractivity contribution in [3.8, 4) is 0 Å². The van der Waals surface area contributed by atoms with Gasteiger partial charge in [-0.25, -0.2) is 4.98 Å². The molecule has 2 aromatic carbocycles. The molecule has 1 atom stereocenters. The molecule has 0 bridgehead atoms. The van der Waals surface area contributed by atoms with Crippen LogP contribution in [-0.2, 0) is 17.8 Å². The van der Waals surface area contributed by atoms with Gasteiger partial charge in [-0.3, -0.25) is 14.2 Å². The monoisotopic (exact) mass is 393 g/mol. The molecule has 1 amide bonds. The lowest BCUT2D eigenvalue weighted by Gasteiger charge is -2.22. The van der Waals surface area contributed by atoms with Crippen LogP contribution < -0.4 is 10.5 Å². The van der Waals surface area contributed by atoms with E-state index in [4.69, 9.17) is 4.98 Å². The molecule has 0 spiro atoms. The fourth-order valence-electron chi connectivity index (χ4n) is 3.65. The molecule has 28 heavy (non-hydrogen) atoms. The Morgan fingerprint density at radius 1 is 1.18 bits per heavy atom. The number of aromatic nitrogens is 2. The van der Waals surface area contributed by atoms with Crippen LogP contribution in [0.1, 0.15) is 25.8 Å². The molecule has 144 valence electrons. The van der Waals surface area contributed by atoms with Crippen molar-refractivity contribution in [2.24, 2.45) is 0 Å². The number of thioether (sulfide) groups is 1. The lowest BCUT2D eigenvalue weighted by Crippen LogP contribution is -2.35. The predicted octanol–water partition coefficient (Wildman–Crippen LogP) is 3.88. The zero-order valence-electron chi connectivity index (χ0n) is 16.1. The number of anilines is 1. The van der Waals surface area contributed by atoms with Crippen LogP contribution in [-0.4, -0.2) is 27.3 Å². The summed E-state index contributed by atoms with van der Waals surface area (Å²) in [5.74, 6) is 0.0559. The smallest absolute Gasteiger partial charge is 0.262 e. The Balaban J connectivity index is 1.65. The lowest BCUT2D eigenvalue weighted by atomic mass is 10.2. The van der Waals surface area contributed by atoms with Gasteiger partial charge in [-0.1, -0.05) is 49.0 Å². The highest BCUT2D eigenvalue weighted by molar-refractivity contribution is 8.00. The Hall–Kier alpha value is -2.60. The molecule has 0 N–H and O–H groups in total. The quantitative estimate of drug-likeness (QED) is 0.488. The van der Waals surface area contributed by atoms with Gasteiger partial charge in [0, 0.05) is 18.8 Å². The van der Waals surface area contributed by atoms with Crippen molar-refractivity contribution >= 4 is 34.3 Å². The van der Waals surface area contributed by atoms with Crippen LogP contribution in [0.2, 0.25) is 0 Å². The second-order valence-corrected chi connectivity index (χ2v) is 8.30. The fraction of sp³-hybridized carbons (Fsp3) is 0.318. The summed E-state index contributed by atoms with van der Waals surface area (Å²) in [7, 11) is 0. The number of hydrogen-bond acceptors (Lipinski definition) is 4. The second-order valence-electron chi connectivity index (χ2n) is 7.00. The minimum Gasteiger partial charge on any atom is -0.311 e. The summed E-state index contributed by atoms with van der Waals surface area (Å²) < 4.78 is 1.70. The largest absolute Gasteiger partial charge is 0.311 e. The van der Waals surface area contributed by atoms with Crippen LogP contribution in [0.25, 0.3) is 10.9 Å². The van der Waals surface area contributed by atoms with Crippen LogP contribution in [0, 0.1) is 0 Å². The number of amides is 1. The van der Waals surface area contributed by atoms with Crippen molar-refractivity contribution in [3.05, 3.63) is 64.4 Å². The first-order chi connectivity index (χ1) is 13.6. The van der Waals surface area contributed by atoms with Crippen molar-refractivity contribution in [1.82, 2.24) is 9.55 Å². The summed E-state index contributed by atoms with van der Waals surface area (Å²) in [6.07, 6.45) is 1.71. The van der Waals surface area contributed by atoms with Gasteiger partial charge in [0.25, 0.3) is 5.56 Å². The summed E-state index contributed by atoms with van der Waals surface area (Å²) in [5.41, 5.74) is 2.84. The van der Waals surface area contributed by atoms with Crippen LogP contribution in [0.15, 0.2) is 58.5 Å². The van der Waals surface area contributed by atoms with Crippen LogP contribution >= 0.6 is 11.8 Å². The number of benzene rings is 2. The van der Waals surface area contributed by atoms with Gasteiger partial charge in [0.1, 0.15) is 0 Å². The molecule has 0 saturated carbocycles. The van der Waals surface area contributed by atoms with Crippen LogP contribution in [0.3, 0.4) is 0 Å². The van der Waals surface area contributed by atoms with E-state index in [0.717, 1.165) is 18.5 Å². The van der Waals surface area contributed by atoms with E-state index in [0.29, 0.717) is 29.1 Å². The number of para-hydroxylation sites is 2. The van der Waals surface area contributed by atoms with E-state index in [1.54, 1.807) is 10.6 Å². The maximum absolute atomic E-state index is 13.1. The van der Waals surface area contributed by atoms with Crippen molar-refractivity contribution in [2.45, 2.75) is 43.6 Å². The van der Waals surface area contributed by atoms with Gasteiger partial charge in [-0.15, -0.1) is 0 Å². The highest BCUT2D eigenvalue weighted by Gasteiger charge is 2.29. The maximum Gasteiger partial charge on any atom is 0.262 e. The summed E-state index contributed by atoms with van der Waals surface area (Å²) in [6.45, 7) is 5.22. The summed E-state index contributed by atoms with van der Waals surface area (Å²) >= 11 is 1.37. The minimum atomic E-state index is -0.331. The molecule has 1 aliphatic rings. The first-order valence-corrected chi connectivity index (χ1v) is 10.5. The first kappa shape index (κ1) is 18.7. The van der Waals surface area contributed by atoms with Crippen molar-refractivity contribution < 1.29 is 4.79 Å². The minimum absolute atomic E-state index is 0.0406. The zero-order chi connectivity index (χ0) is 19.7. The Morgan fingerprint density at radius 3 is 2.75 bits per heavy atom. The van der Waals surface area contributed by atoms with Gasteiger partial charge in [0.05, 0.1) is 16.2 Å². The molecule has 3 aromatic rings. The van der Waals surface area contributed by atoms with Crippen molar-refractivity contribution in [3.63, 3.8) is 0 Å². The average Bonchev–Trinajstić information content (AvgIpc) is 3.14. The Kier molecular flexibility index (Phi) is 5.22. The number of carbonyl (C=O) groups is 1. The number of fused-ring (bicyclic) bond motifs is 2. The van der Waals surface area contributed by atoms with E-state index >= 15 is 0 Å². The van der Waals surface area contributed by atoms with Gasteiger partial charge in [-0.2, -0.15) is 0 Å². The summed E-state index contributed by atoms with van der Waals surface area (Å²) in [4.78, 5) is 32.6. The lowest BCUT2D eigenvalue weighted by molar-refractivity contribution is -0.117. The molecule has 1 aromatic heterocycles. The fourth-order valence-corrected chi connectivity index (χ4v) is 4.65. The molecule has 0 radical (unpaired) electrons. The third kappa shape index (κ3) is 3.33.